The third kappa shape index (κ3) is 7.12. The average molecular weight is 523 g/mol. The van der Waals surface area contributed by atoms with Crippen LogP contribution in [0.5, 0.6) is 0 Å². The van der Waals surface area contributed by atoms with E-state index in [2.05, 4.69) is 78.0 Å². The van der Waals surface area contributed by atoms with E-state index in [0.29, 0.717) is 30.4 Å². The van der Waals surface area contributed by atoms with Crippen molar-refractivity contribution in [1.29, 1.82) is 0 Å². The fourth-order valence-corrected chi connectivity index (χ4v) is 5.62. The summed E-state index contributed by atoms with van der Waals surface area (Å²) in [5, 5.41) is 3.64. The maximum atomic E-state index is 13.1. The van der Waals surface area contributed by atoms with Crippen LogP contribution < -0.4 is 15.1 Å². The first-order valence-corrected chi connectivity index (χ1v) is 14.6. The lowest BCUT2D eigenvalue weighted by atomic mass is 9.96. The molecule has 1 unspecified atom stereocenters. The molecule has 2 aliphatic heterocycles. The minimum absolute atomic E-state index is 0.0114. The highest BCUT2D eigenvalue weighted by atomic mass is 16.2. The van der Waals surface area contributed by atoms with Gasteiger partial charge in [-0.2, -0.15) is 15.0 Å². The van der Waals surface area contributed by atoms with E-state index in [0.717, 1.165) is 78.0 Å². The molecule has 1 aromatic heterocycles. The molecule has 0 saturated carbocycles. The first kappa shape index (κ1) is 28.1. The summed E-state index contributed by atoms with van der Waals surface area (Å²) >= 11 is 0. The highest BCUT2D eigenvalue weighted by Crippen LogP contribution is 2.25. The van der Waals surface area contributed by atoms with E-state index < -0.39 is 0 Å². The van der Waals surface area contributed by atoms with E-state index in [4.69, 9.17) is 15.0 Å². The van der Waals surface area contributed by atoms with Crippen LogP contribution in [0.4, 0.5) is 17.8 Å². The lowest BCUT2D eigenvalue weighted by Gasteiger charge is -2.35. The molecule has 1 aromatic carbocycles. The average Bonchev–Trinajstić information content (AvgIpc) is 2.96. The number of carbonyl (C=O) groups is 1. The molecule has 0 radical (unpaired) electrons. The van der Waals surface area contributed by atoms with Crippen molar-refractivity contribution in [3.8, 4) is 0 Å². The van der Waals surface area contributed by atoms with E-state index in [1.54, 1.807) is 0 Å². The van der Waals surface area contributed by atoms with Crippen LogP contribution in [-0.2, 0) is 11.3 Å². The van der Waals surface area contributed by atoms with Gasteiger partial charge in [0, 0.05) is 64.9 Å². The summed E-state index contributed by atoms with van der Waals surface area (Å²) in [6, 6.07) is 11.0. The zero-order valence-electron chi connectivity index (χ0n) is 23.8. The minimum atomic E-state index is -0.0114. The van der Waals surface area contributed by atoms with Crippen LogP contribution in [0, 0.1) is 5.92 Å². The molecule has 0 spiro atoms. The number of nitrogens with one attached hydrogen (secondary N) is 1. The second-order valence-corrected chi connectivity index (χ2v) is 10.4. The van der Waals surface area contributed by atoms with E-state index in [1.165, 1.54) is 5.56 Å². The SMILES string of the molecule is CCN(CC)C(=O)C1CCCN(c2nc(NC3CCN(Cc4ccccc4)CC3)nc(N(CC)CC)n2)C1. The van der Waals surface area contributed by atoms with E-state index in [1.807, 2.05) is 4.90 Å². The molecule has 1 amide bonds. The Balaban J connectivity index is 1.45. The molecule has 3 heterocycles. The number of carbonyl (C=O) groups excluding carboxylic acids is 1. The third-order valence-corrected chi connectivity index (χ3v) is 7.96. The van der Waals surface area contributed by atoms with Crippen LogP contribution in [0.3, 0.4) is 0 Å². The van der Waals surface area contributed by atoms with Crippen LogP contribution in [0.1, 0.15) is 58.9 Å². The van der Waals surface area contributed by atoms with Crippen molar-refractivity contribution in [3.63, 3.8) is 0 Å². The van der Waals surface area contributed by atoms with Crippen molar-refractivity contribution >= 4 is 23.8 Å². The molecule has 0 aliphatic carbocycles. The Morgan fingerprint density at radius 2 is 1.63 bits per heavy atom. The van der Waals surface area contributed by atoms with Gasteiger partial charge in [0.15, 0.2) is 0 Å². The van der Waals surface area contributed by atoms with Gasteiger partial charge in [-0.15, -0.1) is 0 Å². The Kier molecular flexibility index (Phi) is 10.1. The maximum absolute atomic E-state index is 13.1. The van der Waals surface area contributed by atoms with Gasteiger partial charge < -0.3 is 20.0 Å². The normalized spacial score (nSPS) is 18.8. The zero-order chi connectivity index (χ0) is 26.9. The fourth-order valence-electron chi connectivity index (χ4n) is 5.62. The summed E-state index contributed by atoms with van der Waals surface area (Å²) in [5.74, 6) is 2.28. The maximum Gasteiger partial charge on any atom is 0.231 e. The molecule has 2 fully saturated rings. The molecule has 38 heavy (non-hydrogen) atoms. The Bertz CT molecular complexity index is 1000. The van der Waals surface area contributed by atoms with Gasteiger partial charge in [-0.3, -0.25) is 9.69 Å². The molecule has 1 N–H and O–H groups in total. The van der Waals surface area contributed by atoms with Crippen LogP contribution in [0.15, 0.2) is 30.3 Å². The van der Waals surface area contributed by atoms with Crippen LogP contribution in [0.2, 0.25) is 0 Å². The molecule has 4 rings (SSSR count). The molecule has 2 aromatic rings. The quantitative estimate of drug-likeness (QED) is 0.476. The van der Waals surface area contributed by atoms with Gasteiger partial charge >= 0.3 is 0 Å². The monoisotopic (exact) mass is 522 g/mol. The summed E-state index contributed by atoms with van der Waals surface area (Å²) in [7, 11) is 0. The predicted octanol–water partition coefficient (Wildman–Crippen LogP) is 3.88. The second kappa shape index (κ2) is 13.7. The molecular weight excluding hydrogens is 476 g/mol. The number of likely N-dealkylation sites (tertiary alicyclic amines) is 1. The third-order valence-electron chi connectivity index (χ3n) is 7.96. The largest absolute Gasteiger partial charge is 0.351 e. The van der Waals surface area contributed by atoms with Crippen molar-refractivity contribution in [1.82, 2.24) is 24.8 Å². The Morgan fingerprint density at radius 3 is 2.29 bits per heavy atom. The second-order valence-electron chi connectivity index (χ2n) is 10.4. The first-order valence-electron chi connectivity index (χ1n) is 14.6. The number of hydrogen-bond donors (Lipinski definition) is 1. The molecule has 2 saturated heterocycles. The number of hydrogen-bond acceptors (Lipinski definition) is 8. The van der Waals surface area contributed by atoms with Gasteiger partial charge in [0.05, 0.1) is 5.92 Å². The number of benzene rings is 1. The Labute approximate surface area is 228 Å². The smallest absolute Gasteiger partial charge is 0.231 e. The first-order chi connectivity index (χ1) is 18.5. The lowest BCUT2D eigenvalue weighted by molar-refractivity contribution is -0.135. The fraction of sp³-hybridized carbons (Fsp3) is 0.655. The summed E-state index contributed by atoms with van der Waals surface area (Å²) in [4.78, 5) is 36.5. The molecule has 208 valence electrons. The summed E-state index contributed by atoms with van der Waals surface area (Å²) < 4.78 is 0. The van der Waals surface area contributed by atoms with Crippen molar-refractivity contribution < 1.29 is 4.79 Å². The Morgan fingerprint density at radius 1 is 0.921 bits per heavy atom. The van der Waals surface area contributed by atoms with Crippen molar-refractivity contribution in [2.24, 2.45) is 5.92 Å². The summed E-state index contributed by atoms with van der Waals surface area (Å²) in [6.45, 7) is 16.1. The molecule has 9 heteroatoms. The molecule has 0 bridgehead atoms. The van der Waals surface area contributed by atoms with Gasteiger partial charge in [-0.05, 0) is 58.9 Å². The summed E-state index contributed by atoms with van der Waals surface area (Å²) in [5.41, 5.74) is 1.36. The molecule has 9 nitrogen and oxygen atoms in total. The predicted molar refractivity (Wildman–Crippen MR) is 155 cm³/mol. The molecule has 1 atom stereocenters. The molecule has 2 aliphatic rings. The summed E-state index contributed by atoms with van der Waals surface area (Å²) in [6.07, 6.45) is 4.00. The Hall–Kier alpha value is -2.94. The number of rotatable bonds is 11. The number of nitrogens with zero attached hydrogens (tertiary/aromatic N) is 7. The minimum Gasteiger partial charge on any atom is -0.351 e. The van der Waals surface area contributed by atoms with Gasteiger partial charge in [0.25, 0.3) is 0 Å². The zero-order valence-corrected chi connectivity index (χ0v) is 23.8. The van der Waals surface area contributed by atoms with Gasteiger partial charge in [-0.25, -0.2) is 0 Å². The van der Waals surface area contributed by atoms with Crippen LogP contribution >= 0.6 is 0 Å². The van der Waals surface area contributed by atoms with Crippen LogP contribution in [0.25, 0.3) is 0 Å². The standard InChI is InChI=1S/C29H46N8O/c1-5-35(6-2)26(38)24-15-12-18-37(22-24)29-32-27(31-28(33-29)36(7-3)8-4)30-25-16-19-34(20-17-25)21-23-13-10-9-11-14-23/h9-11,13-14,24-25H,5-8,12,15-22H2,1-4H3,(H,30,31,32,33). The van der Waals surface area contributed by atoms with Crippen molar-refractivity contribution in [2.75, 3.05) is 67.5 Å². The topological polar surface area (TPSA) is 80.7 Å². The van der Waals surface area contributed by atoms with E-state index in [-0.39, 0.29) is 11.8 Å². The van der Waals surface area contributed by atoms with Crippen molar-refractivity contribution in [2.45, 2.75) is 66.0 Å². The molecular formula is C29H46N8O. The van der Waals surface area contributed by atoms with E-state index >= 15 is 0 Å². The number of aromatic nitrogens is 3. The number of amides is 1. The lowest BCUT2D eigenvalue weighted by Crippen LogP contribution is -2.45. The highest BCUT2D eigenvalue weighted by molar-refractivity contribution is 5.79. The number of piperidine rings is 2. The van der Waals surface area contributed by atoms with Gasteiger partial charge in [0.2, 0.25) is 23.8 Å². The van der Waals surface area contributed by atoms with E-state index in [9.17, 15) is 4.79 Å². The van der Waals surface area contributed by atoms with Crippen molar-refractivity contribution in [3.05, 3.63) is 35.9 Å². The number of anilines is 3. The van der Waals surface area contributed by atoms with Gasteiger partial charge in [0.1, 0.15) is 0 Å². The van der Waals surface area contributed by atoms with Gasteiger partial charge in [-0.1, -0.05) is 30.3 Å². The highest BCUT2D eigenvalue weighted by Gasteiger charge is 2.30. The van der Waals surface area contributed by atoms with Crippen LogP contribution in [-0.4, -0.2) is 89.1 Å².